The van der Waals surface area contributed by atoms with Crippen molar-refractivity contribution in [1.29, 1.82) is 0 Å². The van der Waals surface area contributed by atoms with E-state index >= 15 is 0 Å². The molecular weight excluding hydrogens is 970 g/mol. The zero-order valence-corrected chi connectivity index (χ0v) is 49.1. The highest BCUT2D eigenvalue weighted by molar-refractivity contribution is 7.00. The fourth-order valence-electron chi connectivity index (χ4n) is 15.1. The Morgan fingerprint density at radius 2 is 1.01 bits per heavy atom. The molecule has 79 heavy (non-hydrogen) atoms. The third-order valence-corrected chi connectivity index (χ3v) is 21.5. The summed E-state index contributed by atoms with van der Waals surface area (Å²) in [6, 6.07) is 75.6. The number of hydrogen-bond acceptors (Lipinski definition) is 3. The second-order valence-electron chi connectivity index (χ2n) is 27.2. The van der Waals surface area contributed by atoms with Crippen molar-refractivity contribution in [3.05, 3.63) is 216 Å². The Hall–Kier alpha value is -7.34. The molecule has 3 aliphatic heterocycles. The SMILES string of the molecule is CC1(C)Cc2cc3c(cc2C1)N(c1ccc(C(C)(C)C)cc1-c1ccccc1)c1cc(N2c4ccc([Si](C)(C)C)cc4C4(C)CCCCC24C)cc2c1B3c1cc(-c3ccccc3)ccc1N2c1ccc(-c2ccccc2)cc1. The fourth-order valence-corrected chi connectivity index (χ4v) is 16.3. The molecule has 3 heterocycles. The van der Waals surface area contributed by atoms with E-state index in [1.54, 1.807) is 5.19 Å². The number of anilines is 8. The Balaban J connectivity index is 1.12. The molecule has 0 saturated heterocycles. The summed E-state index contributed by atoms with van der Waals surface area (Å²) in [6.45, 7) is 24.7. The third-order valence-electron chi connectivity index (χ3n) is 19.5. The molecule has 2 atom stereocenters. The van der Waals surface area contributed by atoms with Crippen LogP contribution in [-0.2, 0) is 23.7 Å². The summed E-state index contributed by atoms with van der Waals surface area (Å²) < 4.78 is 0. The molecule has 1 saturated carbocycles. The van der Waals surface area contributed by atoms with Crippen LogP contribution in [0.25, 0.3) is 33.4 Å². The fraction of sp³-hybridized carbons (Fsp3) is 0.270. The maximum absolute atomic E-state index is 2.85. The molecule has 1 fully saturated rings. The van der Waals surface area contributed by atoms with Crippen LogP contribution in [0, 0.1) is 5.41 Å². The van der Waals surface area contributed by atoms with Gasteiger partial charge in [-0.25, -0.2) is 0 Å². The highest BCUT2D eigenvalue weighted by Gasteiger charge is 2.58. The summed E-state index contributed by atoms with van der Waals surface area (Å²) >= 11 is 0. The quantitative estimate of drug-likeness (QED) is 0.147. The van der Waals surface area contributed by atoms with E-state index in [1.807, 2.05) is 0 Å². The molecule has 5 aliphatic rings. The lowest BCUT2D eigenvalue weighted by molar-refractivity contribution is 0.195. The van der Waals surface area contributed by atoms with Crippen LogP contribution in [0.2, 0.25) is 19.6 Å². The van der Waals surface area contributed by atoms with Gasteiger partial charge in [0, 0.05) is 50.8 Å². The highest BCUT2D eigenvalue weighted by atomic mass is 28.3. The van der Waals surface area contributed by atoms with Crippen molar-refractivity contribution >= 4 is 81.9 Å². The Morgan fingerprint density at radius 3 is 1.67 bits per heavy atom. The first-order valence-corrected chi connectivity index (χ1v) is 32.8. The highest BCUT2D eigenvalue weighted by Crippen LogP contribution is 2.62. The molecule has 0 bridgehead atoms. The smallest absolute Gasteiger partial charge is 0.252 e. The van der Waals surface area contributed by atoms with Crippen LogP contribution in [0.1, 0.15) is 96.4 Å². The molecule has 0 N–H and O–H groups in total. The minimum Gasteiger partial charge on any atom is -0.334 e. The van der Waals surface area contributed by atoms with Crippen molar-refractivity contribution in [3.63, 3.8) is 0 Å². The molecule has 0 spiro atoms. The molecule has 9 aromatic carbocycles. The van der Waals surface area contributed by atoms with Gasteiger partial charge in [0.25, 0.3) is 6.71 Å². The average molecular weight is 1040 g/mol. The van der Waals surface area contributed by atoms with Crippen molar-refractivity contribution in [1.82, 2.24) is 0 Å². The van der Waals surface area contributed by atoms with E-state index < -0.39 is 8.07 Å². The lowest BCUT2D eigenvalue weighted by atomic mass is 9.33. The predicted octanol–water partition coefficient (Wildman–Crippen LogP) is 17.5. The Bertz CT molecular complexity index is 3890. The van der Waals surface area contributed by atoms with Gasteiger partial charge in [-0.05, 0) is 164 Å². The summed E-state index contributed by atoms with van der Waals surface area (Å²) in [5.74, 6) is 0. The van der Waals surface area contributed by atoms with E-state index in [4.69, 9.17) is 0 Å². The van der Waals surface area contributed by atoms with Gasteiger partial charge in [-0.2, -0.15) is 0 Å². The second kappa shape index (κ2) is 17.8. The first-order chi connectivity index (χ1) is 37.9. The second-order valence-corrected chi connectivity index (χ2v) is 32.3. The van der Waals surface area contributed by atoms with E-state index in [1.165, 1.54) is 131 Å². The molecule has 2 unspecified atom stereocenters. The number of fused-ring (bicyclic) bond motifs is 8. The van der Waals surface area contributed by atoms with Crippen LogP contribution >= 0.6 is 0 Å². The van der Waals surface area contributed by atoms with Gasteiger partial charge in [-0.3, -0.25) is 0 Å². The zero-order valence-electron chi connectivity index (χ0n) is 48.1. The molecule has 0 aromatic heterocycles. The van der Waals surface area contributed by atoms with Gasteiger partial charge < -0.3 is 14.7 Å². The number of rotatable bonds is 7. The molecule has 2 aliphatic carbocycles. The van der Waals surface area contributed by atoms with Crippen LogP contribution < -0.4 is 36.3 Å². The first kappa shape index (κ1) is 49.9. The molecule has 0 amide bonds. The van der Waals surface area contributed by atoms with Crippen LogP contribution in [-0.4, -0.2) is 20.3 Å². The molecule has 3 nitrogen and oxygen atoms in total. The number of benzene rings is 9. The molecule has 14 rings (SSSR count). The first-order valence-electron chi connectivity index (χ1n) is 29.3. The van der Waals surface area contributed by atoms with Gasteiger partial charge in [0.05, 0.1) is 19.3 Å². The molecule has 392 valence electrons. The summed E-state index contributed by atoms with van der Waals surface area (Å²) in [4.78, 5) is 8.24. The minimum absolute atomic E-state index is 0.0256. The van der Waals surface area contributed by atoms with Gasteiger partial charge in [0.2, 0.25) is 0 Å². The maximum atomic E-state index is 2.85. The molecule has 0 radical (unpaired) electrons. The molecule has 9 aromatic rings. The molecule has 5 heteroatoms. The van der Waals surface area contributed by atoms with E-state index in [-0.39, 0.29) is 28.5 Å². The van der Waals surface area contributed by atoms with Crippen LogP contribution in [0.5, 0.6) is 0 Å². The van der Waals surface area contributed by atoms with Crippen molar-refractivity contribution in [3.8, 4) is 33.4 Å². The lowest BCUT2D eigenvalue weighted by Crippen LogP contribution is -2.61. The summed E-state index contributed by atoms with van der Waals surface area (Å²) in [5, 5.41) is 1.55. The average Bonchev–Trinajstić information content (AvgIpc) is 4.00. The Morgan fingerprint density at radius 1 is 0.456 bits per heavy atom. The van der Waals surface area contributed by atoms with Gasteiger partial charge in [0.1, 0.15) is 0 Å². The minimum atomic E-state index is -1.64. The van der Waals surface area contributed by atoms with Gasteiger partial charge in [0.15, 0.2) is 0 Å². The van der Waals surface area contributed by atoms with Gasteiger partial charge in [-0.1, -0.05) is 219 Å². The summed E-state index contributed by atoms with van der Waals surface area (Å²) in [7, 11) is -1.64. The monoisotopic (exact) mass is 1040 g/mol. The van der Waals surface area contributed by atoms with Crippen molar-refractivity contribution in [2.45, 2.75) is 123 Å². The topological polar surface area (TPSA) is 9.72 Å². The van der Waals surface area contributed by atoms with E-state index in [9.17, 15) is 0 Å². The number of nitrogens with zero attached hydrogens (tertiary/aromatic N) is 3. The maximum Gasteiger partial charge on any atom is 0.252 e. The largest absolute Gasteiger partial charge is 0.334 e. The lowest BCUT2D eigenvalue weighted by Gasteiger charge is -2.51. The van der Waals surface area contributed by atoms with E-state index in [2.05, 4.69) is 277 Å². The zero-order chi connectivity index (χ0) is 54.4. The van der Waals surface area contributed by atoms with Crippen molar-refractivity contribution in [2.24, 2.45) is 5.41 Å². The van der Waals surface area contributed by atoms with E-state index in [0.29, 0.717) is 0 Å². The normalized spacial score (nSPS) is 19.6. The number of hydrogen-bond donors (Lipinski definition) is 0. The van der Waals surface area contributed by atoms with Crippen LogP contribution in [0.4, 0.5) is 45.5 Å². The predicted molar refractivity (Wildman–Crippen MR) is 342 cm³/mol. The van der Waals surface area contributed by atoms with Crippen LogP contribution in [0.15, 0.2) is 194 Å². The van der Waals surface area contributed by atoms with Crippen molar-refractivity contribution in [2.75, 3.05) is 14.7 Å². The van der Waals surface area contributed by atoms with Gasteiger partial charge >= 0.3 is 0 Å². The summed E-state index contributed by atoms with van der Waals surface area (Å²) in [6.07, 6.45) is 6.91. The van der Waals surface area contributed by atoms with Crippen LogP contribution in [0.3, 0.4) is 0 Å². The van der Waals surface area contributed by atoms with Gasteiger partial charge in [-0.15, -0.1) is 0 Å². The molecular formula is C74H74BN3Si. The third kappa shape index (κ3) is 7.88. The Kier molecular flexibility index (Phi) is 11.3. The standard InChI is InChI=1S/C74H74BN3Si/c1-71(2,3)56-31-36-64(60(43-56)52-26-18-13-19-27-52)77-67-42-55-48-72(4,5)47-54(55)41-63(67)75-62-40-53(50-24-16-12-17-25-50)30-35-66(62)76(57-32-28-51(29-33-57)49-22-14-11-15-23-49)68-44-58(45-69(77)70(68)75)78-65-37-34-59(79(8,9)10)46-61(65)73(6)38-20-21-39-74(73,78)7/h11-19,22-37,40-46H,20-21,38-39,47-48H2,1-10H3. The van der Waals surface area contributed by atoms with E-state index in [0.717, 1.165) is 24.9 Å². The Labute approximate surface area is 472 Å². The van der Waals surface area contributed by atoms with Crippen molar-refractivity contribution < 1.29 is 0 Å². The summed E-state index contributed by atoms with van der Waals surface area (Å²) in [5.41, 5.74) is 27.4.